The van der Waals surface area contributed by atoms with Gasteiger partial charge in [0.2, 0.25) is 0 Å². The zero-order valence-corrected chi connectivity index (χ0v) is 14.1. The SMILES string of the molecule is N#Cc1ccc(C(=O)Nc2ccc3c(N4CCCC4)ncnc3c2)cc1. The summed E-state index contributed by atoms with van der Waals surface area (Å²) in [6.07, 6.45) is 3.94. The molecule has 1 aliphatic rings. The predicted octanol–water partition coefficient (Wildman–Crippen LogP) is 3.35. The molecule has 0 saturated carbocycles. The van der Waals surface area contributed by atoms with Crippen LogP contribution in [-0.2, 0) is 0 Å². The predicted molar refractivity (Wildman–Crippen MR) is 100 cm³/mol. The number of anilines is 2. The lowest BCUT2D eigenvalue weighted by Gasteiger charge is -2.18. The fourth-order valence-corrected chi connectivity index (χ4v) is 3.20. The third kappa shape index (κ3) is 3.07. The monoisotopic (exact) mass is 343 g/mol. The van der Waals surface area contributed by atoms with Gasteiger partial charge >= 0.3 is 0 Å². The molecule has 2 heterocycles. The van der Waals surface area contributed by atoms with Crippen molar-refractivity contribution in [2.75, 3.05) is 23.3 Å². The van der Waals surface area contributed by atoms with Crippen LogP contribution in [0.25, 0.3) is 10.9 Å². The standard InChI is InChI=1S/C20H17N5O/c21-12-14-3-5-15(6-4-14)20(26)24-16-7-8-17-18(11-16)22-13-23-19(17)25-9-1-2-10-25/h3-8,11,13H,1-2,9-10H2,(H,24,26). The van der Waals surface area contributed by atoms with E-state index in [2.05, 4.69) is 20.2 Å². The molecule has 1 N–H and O–H groups in total. The van der Waals surface area contributed by atoms with E-state index in [4.69, 9.17) is 5.26 Å². The summed E-state index contributed by atoms with van der Waals surface area (Å²) in [6.45, 7) is 2.03. The Morgan fingerprint density at radius 1 is 1.08 bits per heavy atom. The zero-order valence-electron chi connectivity index (χ0n) is 14.1. The van der Waals surface area contributed by atoms with Gasteiger partial charge < -0.3 is 10.2 Å². The van der Waals surface area contributed by atoms with Crippen LogP contribution >= 0.6 is 0 Å². The fourth-order valence-electron chi connectivity index (χ4n) is 3.20. The molecule has 1 aromatic heterocycles. The summed E-state index contributed by atoms with van der Waals surface area (Å²) in [5.41, 5.74) is 2.51. The number of amides is 1. The molecule has 0 atom stereocenters. The molecular formula is C20H17N5O. The topological polar surface area (TPSA) is 81.9 Å². The number of carbonyl (C=O) groups is 1. The van der Waals surface area contributed by atoms with Crippen molar-refractivity contribution < 1.29 is 4.79 Å². The Balaban J connectivity index is 1.59. The third-order valence-electron chi connectivity index (χ3n) is 4.56. The smallest absolute Gasteiger partial charge is 0.255 e. The number of nitriles is 1. The fraction of sp³-hybridized carbons (Fsp3) is 0.200. The lowest BCUT2D eigenvalue weighted by molar-refractivity contribution is 0.102. The van der Waals surface area contributed by atoms with Gasteiger partial charge in [0.25, 0.3) is 5.91 Å². The van der Waals surface area contributed by atoms with Gasteiger partial charge in [0.1, 0.15) is 12.1 Å². The van der Waals surface area contributed by atoms with Crippen molar-refractivity contribution in [1.82, 2.24) is 9.97 Å². The molecule has 0 radical (unpaired) electrons. The summed E-state index contributed by atoms with van der Waals surface area (Å²) in [7, 11) is 0. The van der Waals surface area contributed by atoms with E-state index >= 15 is 0 Å². The zero-order chi connectivity index (χ0) is 17.9. The molecule has 3 aromatic rings. The van der Waals surface area contributed by atoms with Crippen molar-refractivity contribution >= 4 is 28.3 Å². The number of hydrogen-bond acceptors (Lipinski definition) is 5. The molecule has 0 aliphatic carbocycles. The Labute approximate surface area is 151 Å². The lowest BCUT2D eigenvalue weighted by Crippen LogP contribution is -2.19. The van der Waals surface area contributed by atoms with Crippen molar-refractivity contribution in [3.05, 3.63) is 59.9 Å². The van der Waals surface area contributed by atoms with Crippen LogP contribution < -0.4 is 10.2 Å². The van der Waals surface area contributed by atoms with Gasteiger partial charge in [0.05, 0.1) is 17.1 Å². The van der Waals surface area contributed by atoms with Gasteiger partial charge in [-0.15, -0.1) is 0 Å². The molecule has 1 aliphatic heterocycles. The normalized spacial score (nSPS) is 13.6. The summed E-state index contributed by atoms with van der Waals surface area (Å²) >= 11 is 0. The first-order valence-corrected chi connectivity index (χ1v) is 8.56. The Hall–Kier alpha value is -3.46. The average molecular weight is 343 g/mol. The molecule has 6 nitrogen and oxygen atoms in total. The third-order valence-corrected chi connectivity index (χ3v) is 4.56. The number of fused-ring (bicyclic) bond motifs is 1. The van der Waals surface area contributed by atoms with Crippen molar-refractivity contribution in [3.8, 4) is 6.07 Å². The van der Waals surface area contributed by atoms with E-state index in [0.29, 0.717) is 16.8 Å². The van der Waals surface area contributed by atoms with Crippen LogP contribution in [-0.4, -0.2) is 29.0 Å². The molecule has 4 rings (SSSR count). The maximum atomic E-state index is 12.4. The second-order valence-electron chi connectivity index (χ2n) is 6.27. The number of benzene rings is 2. The van der Waals surface area contributed by atoms with Crippen LogP contribution in [0.4, 0.5) is 11.5 Å². The number of hydrogen-bond donors (Lipinski definition) is 1. The number of nitrogens with one attached hydrogen (secondary N) is 1. The molecule has 1 fully saturated rings. The van der Waals surface area contributed by atoms with E-state index in [1.165, 1.54) is 12.8 Å². The Morgan fingerprint density at radius 2 is 1.85 bits per heavy atom. The molecule has 26 heavy (non-hydrogen) atoms. The van der Waals surface area contributed by atoms with E-state index in [0.717, 1.165) is 29.8 Å². The van der Waals surface area contributed by atoms with Crippen LogP contribution in [0.15, 0.2) is 48.8 Å². The van der Waals surface area contributed by atoms with Gasteiger partial charge in [0.15, 0.2) is 0 Å². The second kappa shape index (κ2) is 6.81. The molecule has 0 unspecified atom stereocenters. The molecule has 0 bridgehead atoms. The number of carbonyl (C=O) groups excluding carboxylic acids is 1. The van der Waals surface area contributed by atoms with Crippen LogP contribution in [0, 0.1) is 11.3 Å². The van der Waals surface area contributed by atoms with Crippen LogP contribution in [0.2, 0.25) is 0 Å². The van der Waals surface area contributed by atoms with Crippen molar-refractivity contribution in [1.29, 1.82) is 5.26 Å². The van der Waals surface area contributed by atoms with Gasteiger partial charge in [-0.25, -0.2) is 9.97 Å². The Morgan fingerprint density at radius 3 is 2.58 bits per heavy atom. The molecule has 0 spiro atoms. The molecular weight excluding hydrogens is 326 g/mol. The summed E-state index contributed by atoms with van der Waals surface area (Å²) in [4.78, 5) is 23.5. The highest BCUT2D eigenvalue weighted by atomic mass is 16.1. The second-order valence-corrected chi connectivity index (χ2v) is 6.27. The maximum absolute atomic E-state index is 12.4. The average Bonchev–Trinajstić information content (AvgIpc) is 3.22. The first-order chi connectivity index (χ1) is 12.7. The summed E-state index contributed by atoms with van der Waals surface area (Å²) in [5, 5.41) is 12.7. The van der Waals surface area contributed by atoms with E-state index < -0.39 is 0 Å². The van der Waals surface area contributed by atoms with Crippen LogP contribution in [0.3, 0.4) is 0 Å². The van der Waals surface area contributed by atoms with Gasteiger partial charge in [-0.3, -0.25) is 4.79 Å². The van der Waals surface area contributed by atoms with Gasteiger partial charge in [0, 0.05) is 29.7 Å². The summed E-state index contributed by atoms with van der Waals surface area (Å²) in [5.74, 6) is 0.736. The Bertz CT molecular complexity index is 1000. The van der Waals surface area contributed by atoms with Crippen molar-refractivity contribution in [3.63, 3.8) is 0 Å². The largest absolute Gasteiger partial charge is 0.356 e. The minimum absolute atomic E-state index is 0.220. The Kier molecular flexibility index (Phi) is 4.20. The van der Waals surface area contributed by atoms with E-state index in [-0.39, 0.29) is 5.91 Å². The van der Waals surface area contributed by atoms with Crippen molar-refractivity contribution in [2.45, 2.75) is 12.8 Å². The van der Waals surface area contributed by atoms with Gasteiger partial charge in [-0.05, 0) is 55.3 Å². The summed E-state index contributed by atoms with van der Waals surface area (Å²) in [6, 6.07) is 14.3. The van der Waals surface area contributed by atoms with Gasteiger partial charge in [-0.2, -0.15) is 5.26 Å². The first-order valence-electron chi connectivity index (χ1n) is 8.56. The minimum Gasteiger partial charge on any atom is -0.356 e. The van der Waals surface area contributed by atoms with Crippen molar-refractivity contribution in [2.24, 2.45) is 0 Å². The quantitative estimate of drug-likeness (QED) is 0.788. The number of aromatic nitrogens is 2. The van der Waals surface area contributed by atoms with E-state index in [1.54, 1.807) is 30.6 Å². The molecule has 1 saturated heterocycles. The lowest BCUT2D eigenvalue weighted by atomic mass is 10.1. The highest BCUT2D eigenvalue weighted by Gasteiger charge is 2.17. The van der Waals surface area contributed by atoms with E-state index in [1.807, 2.05) is 24.3 Å². The minimum atomic E-state index is -0.220. The van der Waals surface area contributed by atoms with Crippen LogP contribution in [0.1, 0.15) is 28.8 Å². The molecule has 128 valence electrons. The molecule has 1 amide bonds. The number of nitrogens with zero attached hydrogens (tertiary/aromatic N) is 4. The first kappa shape index (κ1) is 16.0. The highest BCUT2D eigenvalue weighted by molar-refractivity contribution is 6.05. The van der Waals surface area contributed by atoms with E-state index in [9.17, 15) is 4.79 Å². The summed E-state index contributed by atoms with van der Waals surface area (Å²) < 4.78 is 0. The molecule has 2 aromatic carbocycles. The number of rotatable bonds is 3. The highest BCUT2D eigenvalue weighted by Crippen LogP contribution is 2.27. The van der Waals surface area contributed by atoms with Gasteiger partial charge in [-0.1, -0.05) is 0 Å². The molecule has 6 heteroatoms. The maximum Gasteiger partial charge on any atom is 0.255 e. The van der Waals surface area contributed by atoms with Crippen LogP contribution in [0.5, 0.6) is 0 Å².